The van der Waals surface area contributed by atoms with Crippen molar-refractivity contribution in [3.8, 4) is 12.1 Å². The summed E-state index contributed by atoms with van der Waals surface area (Å²) in [5.41, 5.74) is -27.4. The molecule has 3 nitrogen and oxygen atoms in total. The van der Waals surface area contributed by atoms with Gasteiger partial charge in [-0.2, -0.15) is 142 Å². The average Bonchev–Trinajstić information content (AvgIpc) is 3.35. The van der Waals surface area contributed by atoms with Crippen molar-refractivity contribution in [2.24, 2.45) is 0 Å². The van der Waals surface area contributed by atoms with Crippen LogP contribution in [0.1, 0.15) is 50.1 Å². The van der Waals surface area contributed by atoms with Crippen LogP contribution in [0.2, 0.25) is 0 Å². The summed E-state index contributed by atoms with van der Waals surface area (Å²) >= 11 is 0. The second-order valence-corrected chi connectivity index (χ2v) is 17.4. The third kappa shape index (κ3) is 13.5. The largest absolute Gasteiger partial charge is 0.416 e. The molecule has 0 N–H and O–H groups in total. The van der Waals surface area contributed by atoms with Crippen LogP contribution in [0.3, 0.4) is 0 Å². The van der Waals surface area contributed by atoms with Crippen LogP contribution in [0.25, 0.3) is 16.5 Å². The first-order valence-electron chi connectivity index (χ1n) is 21.9. The van der Waals surface area contributed by atoms with Gasteiger partial charge in [0.1, 0.15) is 23.9 Å². The normalized spacial score (nSPS) is 13.0. The number of nitrogens with zero attached hydrogens (tertiary/aromatic N) is 3. The number of rotatable bonds is 7. The van der Waals surface area contributed by atoms with E-state index in [1.807, 2.05) is 85.1 Å². The van der Waals surface area contributed by atoms with Crippen LogP contribution in [0, 0.1) is 22.7 Å². The van der Waals surface area contributed by atoms with Gasteiger partial charge < -0.3 is 0 Å². The summed E-state index contributed by atoms with van der Waals surface area (Å²) in [6, 6.07) is 16.9. The van der Waals surface area contributed by atoms with Crippen molar-refractivity contribution in [3.63, 3.8) is 0 Å². The average molecular weight is 1160 g/mol. The first-order chi connectivity index (χ1) is 36.6. The Morgan fingerprint density at radius 3 is 0.887 bits per heavy atom. The van der Waals surface area contributed by atoms with Crippen LogP contribution in [0.4, 0.5) is 105 Å². The molecule has 420 valence electrons. The molecular weight excluding hydrogens is 1130 g/mol. The highest BCUT2D eigenvalue weighted by molar-refractivity contribution is 7.20. The second kappa shape index (κ2) is 21.5. The number of hydrogen-bond donors (Lipinski definition) is 0. The number of halogens is 24. The van der Waals surface area contributed by atoms with E-state index in [0.29, 0.717) is 6.54 Å². The van der Waals surface area contributed by atoms with Gasteiger partial charge in [0.2, 0.25) is 5.52 Å². The molecule has 7 aromatic rings. The minimum absolute atomic E-state index is 0.150. The van der Waals surface area contributed by atoms with E-state index in [9.17, 15) is 116 Å². The molecule has 0 saturated carbocycles. The smallest absolute Gasteiger partial charge is 0.194 e. The molecule has 0 amide bonds. The first-order valence-corrected chi connectivity index (χ1v) is 21.9. The van der Waals surface area contributed by atoms with Gasteiger partial charge in [-0.05, 0) is 42.0 Å². The SMILES string of the molecule is FC(F)(F)c1cc([B-](c2cc(C(F)(F)F)cc(C(F)(F)F)c2)(c2cc(C(F)(F)F)cc(C(F)(F)F)c2)c2cc(C(F)(F)F)cc(C(F)(F)F)c2)cc(C(F)(F)F)c1.N#CC(C#N)=C(C[n+]1cccc2ccccc21)c1ccccc1. The number of fused-ring (bicyclic) bond motifs is 1. The van der Waals surface area contributed by atoms with Crippen LogP contribution >= 0.6 is 0 Å². The summed E-state index contributed by atoms with van der Waals surface area (Å²) in [6.07, 6.45) is -52.8. The maximum Gasteiger partial charge on any atom is 0.416 e. The molecule has 0 aliphatic heterocycles. The minimum Gasteiger partial charge on any atom is -0.194 e. The lowest BCUT2D eigenvalue weighted by molar-refractivity contribution is -0.658. The zero-order valence-electron chi connectivity index (χ0n) is 39.1. The van der Waals surface area contributed by atoms with E-state index in [4.69, 9.17) is 0 Å². The molecule has 1 heterocycles. The zero-order chi connectivity index (χ0) is 60.0. The maximum atomic E-state index is 14.2. The van der Waals surface area contributed by atoms with Crippen LogP contribution < -0.4 is 26.4 Å². The number of hydrogen-bond acceptors (Lipinski definition) is 2. The Morgan fingerprint density at radius 1 is 0.350 bits per heavy atom. The Morgan fingerprint density at radius 2 is 0.613 bits per heavy atom. The number of allylic oxidation sites excluding steroid dienone is 2. The van der Waals surface area contributed by atoms with Gasteiger partial charge in [-0.25, -0.2) is 0 Å². The van der Waals surface area contributed by atoms with Gasteiger partial charge in [-0.3, -0.25) is 0 Å². The van der Waals surface area contributed by atoms with Gasteiger partial charge in [-0.15, -0.1) is 0 Å². The molecule has 0 aliphatic rings. The van der Waals surface area contributed by atoms with Crippen molar-refractivity contribution < 1.29 is 110 Å². The van der Waals surface area contributed by atoms with Gasteiger partial charge in [-0.1, -0.05) is 91.0 Å². The lowest BCUT2D eigenvalue weighted by Gasteiger charge is -2.46. The number of nitriles is 2. The summed E-state index contributed by atoms with van der Waals surface area (Å²) < 4.78 is 343. The Hall–Kier alpha value is -8.17. The quantitative estimate of drug-likeness (QED) is 0.0691. The monoisotopic (exact) mass is 1160 g/mol. The summed E-state index contributed by atoms with van der Waals surface area (Å²) in [7, 11) is 0. The number of benzene rings is 6. The lowest BCUT2D eigenvalue weighted by Crippen LogP contribution is -2.75. The van der Waals surface area contributed by atoms with Gasteiger partial charge in [0.15, 0.2) is 12.7 Å². The molecule has 0 radical (unpaired) electrons. The van der Waals surface area contributed by atoms with Crippen LogP contribution in [0.15, 0.2) is 151 Å². The number of pyridine rings is 1. The standard InChI is InChI=1S/C32H12BF24.C20H14N3/c34-25(35,36)13-1-14(26(37,38)39)6-21(5-13)33(22-7-15(27(40,41)42)2-16(8-22)28(43,44)45,23-9-17(29(46,47)48)3-18(10-23)30(49,50)51)24-11-19(31(52,53)54)4-20(12-24)32(55,56)57;21-13-18(14-22)19(16-7-2-1-3-8-16)15-23-12-6-10-17-9-4-5-11-20(17)23/h1-12H;1-12H,15H2/q-1;+1. The Kier molecular flexibility index (Phi) is 16.4. The summed E-state index contributed by atoms with van der Waals surface area (Å²) in [4.78, 5) is 0. The fourth-order valence-electron chi connectivity index (χ4n) is 8.71. The summed E-state index contributed by atoms with van der Waals surface area (Å²) in [5, 5.41) is 19.7. The summed E-state index contributed by atoms with van der Waals surface area (Å²) in [6.45, 7) is 0.474. The van der Waals surface area contributed by atoms with Gasteiger partial charge in [0, 0.05) is 17.5 Å². The zero-order valence-corrected chi connectivity index (χ0v) is 39.1. The molecule has 28 heteroatoms. The molecule has 80 heavy (non-hydrogen) atoms. The Balaban J connectivity index is 0.000000370. The van der Waals surface area contributed by atoms with E-state index in [1.165, 1.54) is 0 Å². The van der Waals surface area contributed by atoms with Crippen LogP contribution in [-0.2, 0) is 56.0 Å². The first kappa shape index (κ1) is 61.1. The predicted octanol–water partition coefficient (Wildman–Crippen LogP) is 14.8. The van der Waals surface area contributed by atoms with E-state index in [0.717, 1.165) is 22.0 Å². The maximum absolute atomic E-state index is 14.2. The highest BCUT2D eigenvalue weighted by Gasteiger charge is 2.47. The van der Waals surface area contributed by atoms with Crippen LogP contribution in [-0.4, -0.2) is 6.15 Å². The molecule has 1 aromatic heterocycles. The molecule has 0 fully saturated rings. The number of para-hydroxylation sites is 1. The van der Waals surface area contributed by atoms with E-state index < -0.39 is 195 Å². The third-order valence-electron chi connectivity index (χ3n) is 12.2. The van der Waals surface area contributed by atoms with E-state index >= 15 is 0 Å². The van der Waals surface area contributed by atoms with Crippen molar-refractivity contribution in [3.05, 3.63) is 201 Å². The Labute approximate surface area is 433 Å². The van der Waals surface area contributed by atoms with Crippen molar-refractivity contribution in [2.75, 3.05) is 0 Å². The topological polar surface area (TPSA) is 51.5 Å². The number of aromatic nitrogens is 1. The molecular formula is C52H26BF24N3. The van der Waals surface area contributed by atoms with Gasteiger partial charge in [0.25, 0.3) is 0 Å². The van der Waals surface area contributed by atoms with E-state index in [2.05, 4.69) is 4.57 Å². The van der Waals surface area contributed by atoms with Crippen molar-refractivity contribution in [1.82, 2.24) is 0 Å². The molecule has 0 atom stereocenters. The Bertz CT molecular complexity index is 3090. The van der Waals surface area contributed by atoms with Crippen LogP contribution in [0.5, 0.6) is 0 Å². The molecule has 0 saturated heterocycles. The highest BCUT2D eigenvalue weighted by atomic mass is 19.4. The second-order valence-electron chi connectivity index (χ2n) is 17.4. The molecule has 0 spiro atoms. The minimum atomic E-state index is -6.13. The third-order valence-corrected chi connectivity index (χ3v) is 12.2. The molecule has 0 aliphatic carbocycles. The van der Waals surface area contributed by atoms with Crippen molar-refractivity contribution in [2.45, 2.75) is 56.0 Å². The molecule has 0 bridgehead atoms. The van der Waals surface area contributed by atoms with Gasteiger partial charge >= 0.3 is 49.4 Å². The van der Waals surface area contributed by atoms with E-state index in [-0.39, 0.29) is 5.57 Å². The molecule has 6 aromatic carbocycles. The predicted molar refractivity (Wildman–Crippen MR) is 239 cm³/mol. The van der Waals surface area contributed by atoms with Crippen molar-refractivity contribution >= 4 is 44.5 Å². The highest BCUT2D eigenvalue weighted by Crippen LogP contribution is 2.41. The van der Waals surface area contributed by atoms with E-state index in [1.54, 1.807) is 0 Å². The summed E-state index contributed by atoms with van der Waals surface area (Å²) in [5.74, 6) is 0. The van der Waals surface area contributed by atoms with Crippen molar-refractivity contribution in [1.29, 1.82) is 10.5 Å². The van der Waals surface area contributed by atoms with Gasteiger partial charge in [0.05, 0.1) is 50.1 Å². The molecule has 0 unspecified atom stereocenters. The number of alkyl halides is 24. The molecule has 7 rings (SSSR count). The lowest BCUT2D eigenvalue weighted by atomic mass is 9.12. The fraction of sp³-hybridized carbons (Fsp3) is 0.173. The fourth-order valence-corrected chi connectivity index (χ4v) is 8.71.